The number of imidazole rings is 1. The molecule has 4 aromatic rings. The van der Waals surface area contributed by atoms with Gasteiger partial charge in [-0.05, 0) is 67.5 Å². The lowest BCUT2D eigenvalue weighted by atomic mass is 9.92. The van der Waals surface area contributed by atoms with Gasteiger partial charge in [0.2, 0.25) is 0 Å². The summed E-state index contributed by atoms with van der Waals surface area (Å²) < 4.78 is 20.8. The third-order valence-corrected chi connectivity index (χ3v) is 7.00. The van der Waals surface area contributed by atoms with E-state index in [1.165, 1.54) is 18.5 Å². The Bertz CT molecular complexity index is 1440. The summed E-state index contributed by atoms with van der Waals surface area (Å²) in [5.41, 5.74) is 4.26. The molecule has 0 aliphatic heterocycles. The van der Waals surface area contributed by atoms with Crippen molar-refractivity contribution in [1.29, 1.82) is 0 Å². The molecule has 1 amide bonds. The number of nitrogens with zero attached hydrogens (tertiary/aromatic N) is 3. The molecule has 0 saturated heterocycles. The summed E-state index contributed by atoms with van der Waals surface area (Å²) in [6.45, 7) is 2.40. The summed E-state index contributed by atoms with van der Waals surface area (Å²) in [7, 11) is 1.58. The molecule has 0 bridgehead atoms. The van der Waals surface area contributed by atoms with E-state index in [1.807, 2.05) is 13.0 Å². The first-order valence-corrected chi connectivity index (χ1v) is 12.2. The molecule has 1 aliphatic carbocycles. The molecule has 1 saturated carbocycles. The number of aromatic amines is 1. The lowest BCUT2D eigenvalue weighted by Crippen LogP contribution is -2.39. The monoisotopic (exact) mass is 508 g/mol. The molecule has 10 heteroatoms. The molecule has 186 valence electrons. The number of fused-ring (bicyclic) bond motifs is 1. The number of anilines is 1. The molecule has 0 unspecified atom stereocenters. The van der Waals surface area contributed by atoms with E-state index < -0.39 is 5.82 Å². The van der Waals surface area contributed by atoms with Gasteiger partial charge in [-0.25, -0.2) is 19.3 Å². The fourth-order valence-corrected chi connectivity index (χ4v) is 4.65. The maximum atomic E-state index is 15.1. The standard InChI is InChI=1S/C26H26ClFN6O2/c1-14-19(27)10-16(8-9-29-24-22-25(31-12-30-22)33-13-32-24)23(36-2)21(14)15-6-7-18(20(28)11-15)26(35)34-17-4-3-5-17/h6-7,10-13,17H,3-5,8-9H2,1-2H3,(H,34,35)(H2,29,30,31,32,33). The highest BCUT2D eigenvalue weighted by Crippen LogP contribution is 2.40. The highest BCUT2D eigenvalue weighted by atomic mass is 35.5. The Labute approximate surface area is 212 Å². The van der Waals surface area contributed by atoms with E-state index in [1.54, 1.807) is 19.5 Å². The van der Waals surface area contributed by atoms with Crippen LogP contribution in [0.15, 0.2) is 36.9 Å². The minimum absolute atomic E-state index is 0.0312. The van der Waals surface area contributed by atoms with Crippen molar-refractivity contribution >= 4 is 34.5 Å². The molecule has 0 radical (unpaired) electrons. The number of rotatable bonds is 8. The SMILES string of the molecule is COc1c(CCNc2ncnc3nc[nH]c23)cc(Cl)c(C)c1-c1ccc(C(=O)NC2CCC2)c(F)c1. The summed E-state index contributed by atoms with van der Waals surface area (Å²) >= 11 is 6.59. The van der Waals surface area contributed by atoms with Gasteiger partial charge < -0.3 is 20.4 Å². The average Bonchev–Trinajstić information content (AvgIpc) is 3.33. The summed E-state index contributed by atoms with van der Waals surface area (Å²) in [6, 6.07) is 6.62. The van der Waals surface area contributed by atoms with E-state index in [2.05, 4.69) is 30.6 Å². The van der Waals surface area contributed by atoms with Gasteiger partial charge in [-0.15, -0.1) is 0 Å². The molecule has 2 aromatic heterocycles. The Morgan fingerprint density at radius 3 is 2.81 bits per heavy atom. The van der Waals surface area contributed by atoms with Gasteiger partial charge in [0.15, 0.2) is 11.5 Å². The molecule has 8 nitrogen and oxygen atoms in total. The Hall–Kier alpha value is -3.72. The van der Waals surface area contributed by atoms with Gasteiger partial charge >= 0.3 is 0 Å². The molecule has 36 heavy (non-hydrogen) atoms. The van der Waals surface area contributed by atoms with Crippen molar-refractivity contribution < 1.29 is 13.9 Å². The predicted octanol–water partition coefficient (Wildman–Crippen LogP) is 5.07. The molecule has 5 rings (SSSR count). The third-order valence-electron chi connectivity index (χ3n) is 6.61. The highest BCUT2D eigenvalue weighted by molar-refractivity contribution is 6.32. The first-order valence-electron chi connectivity index (χ1n) is 11.8. The number of halogens is 2. The number of nitrogens with one attached hydrogen (secondary N) is 3. The van der Waals surface area contributed by atoms with Crippen LogP contribution in [0.4, 0.5) is 10.2 Å². The second kappa shape index (κ2) is 10.1. The molecular formula is C26H26ClFN6O2. The van der Waals surface area contributed by atoms with Crippen LogP contribution in [0, 0.1) is 12.7 Å². The number of methoxy groups -OCH3 is 1. The van der Waals surface area contributed by atoms with Gasteiger partial charge in [0, 0.05) is 23.2 Å². The minimum atomic E-state index is -0.582. The zero-order chi connectivity index (χ0) is 25.2. The summed E-state index contributed by atoms with van der Waals surface area (Å²) in [5, 5.41) is 6.73. The first kappa shape index (κ1) is 24.0. The third kappa shape index (κ3) is 4.58. The fraction of sp³-hybridized carbons (Fsp3) is 0.308. The summed E-state index contributed by atoms with van der Waals surface area (Å²) in [5.74, 6) is 0.287. The van der Waals surface area contributed by atoms with E-state index in [0.29, 0.717) is 46.3 Å². The van der Waals surface area contributed by atoms with Crippen molar-refractivity contribution in [3.8, 4) is 16.9 Å². The van der Waals surface area contributed by atoms with Gasteiger partial charge in [-0.3, -0.25) is 4.79 Å². The number of hydrogen-bond acceptors (Lipinski definition) is 6. The number of carbonyl (C=O) groups is 1. The van der Waals surface area contributed by atoms with E-state index >= 15 is 4.39 Å². The van der Waals surface area contributed by atoms with E-state index in [-0.39, 0.29) is 17.5 Å². The molecule has 2 heterocycles. The lowest BCUT2D eigenvalue weighted by Gasteiger charge is -2.26. The number of hydrogen-bond donors (Lipinski definition) is 3. The van der Waals surface area contributed by atoms with Crippen LogP contribution in [-0.4, -0.2) is 45.5 Å². The molecule has 3 N–H and O–H groups in total. The normalized spacial score (nSPS) is 13.4. The van der Waals surface area contributed by atoms with Gasteiger partial charge in [-0.2, -0.15) is 0 Å². The molecular weight excluding hydrogens is 483 g/mol. The second-order valence-electron chi connectivity index (χ2n) is 8.85. The van der Waals surface area contributed by atoms with E-state index in [9.17, 15) is 4.79 Å². The van der Waals surface area contributed by atoms with Crippen LogP contribution in [0.2, 0.25) is 5.02 Å². The largest absolute Gasteiger partial charge is 0.496 e. The van der Waals surface area contributed by atoms with Crippen molar-refractivity contribution in [2.75, 3.05) is 19.0 Å². The molecule has 0 atom stereocenters. The lowest BCUT2D eigenvalue weighted by molar-refractivity contribution is 0.0913. The van der Waals surface area contributed by atoms with Gasteiger partial charge in [0.25, 0.3) is 5.91 Å². The van der Waals surface area contributed by atoms with Crippen molar-refractivity contribution in [1.82, 2.24) is 25.3 Å². The number of ether oxygens (including phenoxy) is 1. The Morgan fingerprint density at radius 2 is 2.08 bits per heavy atom. The maximum Gasteiger partial charge on any atom is 0.254 e. The number of benzene rings is 2. The van der Waals surface area contributed by atoms with Gasteiger partial charge in [0.05, 0.1) is 19.0 Å². The van der Waals surface area contributed by atoms with Crippen LogP contribution in [0.25, 0.3) is 22.3 Å². The van der Waals surface area contributed by atoms with Crippen molar-refractivity contribution in [2.45, 2.75) is 38.6 Å². The topological polar surface area (TPSA) is 105 Å². The van der Waals surface area contributed by atoms with Gasteiger partial charge in [-0.1, -0.05) is 17.7 Å². The second-order valence-corrected chi connectivity index (χ2v) is 9.25. The smallest absolute Gasteiger partial charge is 0.254 e. The van der Waals surface area contributed by atoms with Crippen LogP contribution in [0.3, 0.4) is 0 Å². The first-order chi connectivity index (χ1) is 17.5. The van der Waals surface area contributed by atoms with Gasteiger partial charge in [0.1, 0.15) is 23.4 Å². The highest BCUT2D eigenvalue weighted by Gasteiger charge is 2.23. The van der Waals surface area contributed by atoms with E-state index in [4.69, 9.17) is 16.3 Å². The molecule has 0 spiro atoms. The molecule has 2 aromatic carbocycles. The van der Waals surface area contributed by atoms with Crippen LogP contribution in [0.5, 0.6) is 5.75 Å². The minimum Gasteiger partial charge on any atom is -0.496 e. The number of H-pyrrole nitrogens is 1. The van der Waals surface area contributed by atoms with Crippen molar-refractivity contribution in [3.63, 3.8) is 0 Å². The zero-order valence-corrected chi connectivity index (χ0v) is 20.7. The maximum absolute atomic E-state index is 15.1. The fourth-order valence-electron chi connectivity index (χ4n) is 4.43. The molecule has 1 fully saturated rings. The van der Waals surface area contributed by atoms with Crippen LogP contribution in [-0.2, 0) is 6.42 Å². The van der Waals surface area contributed by atoms with Crippen molar-refractivity contribution in [2.24, 2.45) is 0 Å². The number of carbonyl (C=O) groups excluding carboxylic acids is 1. The summed E-state index contributed by atoms with van der Waals surface area (Å²) in [4.78, 5) is 28.1. The van der Waals surface area contributed by atoms with Crippen LogP contribution in [0.1, 0.15) is 40.7 Å². The Morgan fingerprint density at radius 1 is 1.25 bits per heavy atom. The van der Waals surface area contributed by atoms with Crippen molar-refractivity contribution in [3.05, 3.63) is 64.5 Å². The predicted molar refractivity (Wildman–Crippen MR) is 137 cm³/mol. The Kier molecular flexibility index (Phi) is 6.73. The number of aromatic nitrogens is 4. The number of amides is 1. The summed E-state index contributed by atoms with van der Waals surface area (Å²) in [6.07, 6.45) is 6.56. The average molecular weight is 509 g/mol. The zero-order valence-electron chi connectivity index (χ0n) is 20.0. The quantitative estimate of drug-likeness (QED) is 0.307. The van der Waals surface area contributed by atoms with Crippen LogP contribution < -0.4 is 15.4 Å². The van der Waals surface area contributed by atoms with Crippen LogP contribution >= 0.6 is 11.6 Å². The van der Waals surface area contributed by atoms with E-state index in [0.717, 1.165) is 35.9 Å². The Balaban J connectivity index is 1.41. The molecule has 1 aliphatic rings.